The molecule has 2 aromatic carbocycles. The van der Waals surface area contributed by atoms with E-state index in [-0.39, 0.29) is 72.5 Å². The summed E-state index contributed by atoms with van der Waals surface area (Å²) in [5.41, 5.74) is 1.21. The van der Waals surface area contributed by atoms with Gasteiger partial charge in [-0.2, -0.15) is 8.42 Å². The van der Waals surface area contributed by atoms with E-state index in [2.05, 4.69) is 5.32 Å². The van der Waals surface area contributed by atoms with Gasteiger partial charge in [-0.15, -0.1) is 0 Å². The molecule has 1 fully saturated rings. The van der Waals surface area contributed by atoms with Crippen LogP contribution in [0.4, 0.5) is 0 Å². The third-order valence-corrected chi connectivity index (χ3v) is 9.23. The van der Waals surface area contributed by atoms with E-state index in [1.165, 1.54) is 24.3 Å². The highest BCUT2D eigenvalue weighted by Gasteiger charge is 2.47. The number of hydrogen-bond donors (Lipinski definition) is 2. The molecule has 4 amide bonds. The third kappa shape index (κ3) is 7.67. The molecule has 2 N–H and O–H groups in total. The second-order valence-corrected chi connectivity index (χ2v) is 12.9. The van der Waals surface area contributed by atoms with E-state index in [9.17, 15) is 36.7 Å². The Bertz CT molecular complexity index is 1510. The first-order valence-corrected chi connectivity index (χ1v) is 16.2. The molecule has 0 aliphatic carbocycles. The standard InChI is InChI=1S/C28H32N2O11S2/c1-17-6-8-23(43(36,37)38)20(16-17)18(2)41-13-12-39-10-11-40-14-15-42(35)22-5-3-4-19-25(22)28(34)30(27(19)33)21-7-9-24(31)29-26(21)32/h3-6,8,16,18,21H,7,9-15H2,1-2H3,(H,29,31,32)(H,36,37,38). The molecule has 2 heterocycles. The van der Waals surface area contributed by atoms with Gasteiger partial charge in [-0.25, -0.2) is 0 Å². The number of carbonyl (C=O) groups is 4. The van der Waals surface area contributed by atoms with Crippen molar-refractivity contribution in [2.75, 3.05) is 38.8 Å². The molecule has 2 aliphatic heterocycles. The van der Waals surface area contributed by atoms with Crippen LogP contribution < -0.4 is 5.32 Å². The molecular formula is C28H32N2O11S2. The molecule has 3 unspecified atom stereocenters. The number of carbonyl (C=O) groups excluding carboxylic acids is 4. The number of ether oxygens (including phenoxy) is 3. The van der Waals surface area contributed by atoms with Crippen molar-refractivity contribution < 1.29 is 50.9 Å². The fourth-order valence-corrected chi connectivity index (χ4v) is 6.74. The van der Waals surface area contributed by atoms with E-state index in [4.69, 9.17) is 14.2 Å². The van der Waals surface area contributed by atoms with Crippen LogP contribution in [0.3, 0.4) is 0 Å². The Balaban J connectivity index is 1.19. The lowest BCUT2D eigenvalue weighted by atomic mass is 10.0. The lowest BCUT2D eigenvalue weighted by molar-refractivity contribution is -0.136. The van der Waals surface area contributed by atoms with Gasteiger partial charge in [-0.05, 0) is 49.6 Å². The SMILES string of the molecule is Cc1ccc(S(=O)(=O)O)c(C(C)OCCOCCOCC[S+]([O-])c2cccc3c2C(=O)N(C2CCC(=O)NC2=O)C3=O)c1. The maximum Gasteiger partial charge on any atom is 0.294 e. The zero-order valence-electron chi connectivity index (χ0n) is 23.6. The van der Waals surface area contributed by atoms with Crippen LogP contribution in [0.15, 0.2) is 46.2 Å². The Kier molecular flexibility index (Phi) is 10.7. The van der Waals surface area contributed by atoms with Crippen molar-refractivity contribution in [2.45, 2.75) is 48.6 Å². The average Bonchev–Trinajstić information content (AvgIpc) is 3.20. The molecule has 0 saturated carbocycles. The molecule has 4 rings (SSSR count). The van der Waals surface area contributed by atoms with Crippen molar-refractivity contribution in [3.05, 3.63) is 58.7 Å². The molecule has 0 aromatic heterocycles. The Morgan fingerprint density at radius 1 is 1.05 bits per heavy atom. The molecule has 232 valence electrons. The van der Waals surface area contributed by atoms with Crippen molar-refractivity contribution in [1.29, 1.82) is 0 Å². The summed E-state index contributed by atoms with van der Waals surface area (Å²) < 4.78 is 62.4. The van der Waals surface area contributed by atoms with Gasteiger partial charge < -0.3 is 18.8 Å². The number of rotatable bonds is 14. The first kappa shape index (κ1) is 32.7. The van der Waals surface area contributed by atoms with E-state index < -0.39 is 57.1 Å². The van der Waals surface area contributed by atoms with Crippen LogP contribution in [0.1, 0.15) is 57.7 Å². The van der Waals surface area contributed by atoms with Crippen LogP contribution in [-0.4, -0.2) is 90.9 Å². The van der Waals surface area contributed by atoms with Gasteiger partial charge in [0.05, 0.1) is 49.6 Å². The van der Waals surface area contributed by atoms with Gasteiger partial charge in [0, 0.05) is 12.0 Å². The predicted octanol–water partition coefficient (Wildman–Crippen LogP) is 1.56. The van der Waals surface area contributed by atoms with Gasteiger partial charge in [0.2, 0.25) is 11.8 Å². The third-order valence-electron chi connectivity index (χ3n) is 6.94. The normalized spacial score (nSPS) is 18.5. The zero-order chi connectivity index (χ0) is 31.3. The summed E-state index contributed by atoms with van der Waals surface area (Å²) in [4.78, 5) is 50.7. The van der Waals surface area contributed by atoms with Crippen LogP contribution in [0.5, 0.6) is 0 Å². The number of amides is 4. The molecule has 2 aromatic rings. The Morgan fingerprint density at radius 2 is 1.74 bits per heavy atom. The molecule has 0 radical (unpaired) electrons. The Labute approximate surface area is 251 Å². The fourth-order valence-electron chi connectivity index (χ4n) is 4.83. The topological polar surface area (TPSA) is 189 Å². The first-order valence-electron chi connectivity index (χ1n) is 13.5. The quantitative estimate of drug-likeness (QED) is 0.133. The zero-order valence-corrected chi connectivity index (χ0v) is 25.2. The molecule has 1 saturated heterocycles. The molecule has 0 spiro atoms. The molecule has 13 nitrogen and oxygen atoms in total. The number of piperidine rings is 1. The van der Waals surface area contributed by atoms with Gasteiger partial charge in [-0.3, -0.25) is 33.9 Å². The summed E-state index contributed by atoms with van der Waals surface area (Å²) in [7, 11) is -4.39. The average molecular weight is 637 g/mol. The number of nitrogens with zero attached hydrogens (tertiary/aromatic N) is 1. The number of nitrogens with one attached hydrogen (secondary N) is 1. The van der Waals surface area contributed by atoms with E-state index in [0.29, 0.717) is 5.56 Å². The summed E-state index contributed by atoms with van der Waals surface area (Å²) >= 11 is -1.68. The van der Waals surface area contributed by atoms with Crippen LogP contribution in [0, 0.1) is 6.92 Å². The number of fused-ring (bicyclic) bond motifs is 1. The second-order valence-electron chi connectivity index (χ2n) is 9.93. The van der Waals surface area contributed by atoms with E-state index >= 15 is 0 Å². The summed E-state index contributed by atoms with van der Waals surface area (Å²) in [6, 6.07) is 7.90. The lowest BCUT2D eigenvalue weighted by Gasteiger charge is -2.27. The number of aryl methyl sites for hydroxylation is 1. The van der Waals surface area contributed by atoms with E-state index in [1.807, 2.05) is 0 Å². The Morgan fingerprint density at radius 3 is 2.44 bits per heavy atom. The summed E-state index contributed by atoms with van der Waals surface area (Å²) in [6.07, 6.45) is -0.581. The maximum absolute atomic E-state index is 13.2. The number of hydrogen-bond acceptors (Lipinski definition) is 10. The summed E-state index contributed by atoms with van der Waals surface area (Å²) in [5, 5.41) is 2.14. The predicted molar refractivity (Wildman–Crippen MR) is 151 cm³/mol. The number of benzene rings is 2. The lowest BCUT2D eigenvalue weighted by Crippen LogP contribution is -2.54. The van der Waals surface area contributed by atoms with E-state index in [0.717, 1.165) is 10.5 Å². The van der Waals surface area contributed by atoms with Gasteiger partial charge in [0.25, 0.3) is 21.9 Å². The van der Waals surface area contributed by atoms with Crippen molar-refractivity contribution >= 4 is 44.9 Å². The molecule has 0 bridgehead atoms. The van der Waals surface area contributed by atoms with Crippen molar-refractivity contribution in [2.24, 2.45) is 0 Å². The Hall–Kier alpha value is -3.18. The highest BCUT2D eigenvalue weighted by Crippen LogP contribution is 2.32. The van der Waals surface area contributed by atoms with Gasteiger partial charge >= 0.3 is 0 Å². The molecule has 43 heavy (non-hydrogen) atoms. The van der Waals surface area contributed by atoms with Crippen LogP contribution in [-0.2, 0) is 45.1 Å². The molecule has 3 atom stereocenters. The van der Waals surface area contributed by atoms with Gasteiger partial charge in [0.1, 0.15) is 17.4 Å². The smallest absolute Gasteiger partial charge is 0.294 e. The van der Waals surface area contributed by atoms with Crippen LogP contribution >= 0.6 is 0 Å². The van der Waals surface area contributed by atoms with Crippen molar-refractivity contribution in [1.82, 2.24) is 10.2 Å². The minimum absolute atomic E-state index is 0.00109. The largest absolute Gasteiger partial charge is 0.611 e. The highest BCUT2D eigenvalue weighted by atomic mass is 32.2. The van der Waals surface area contributed by atoms with Crippen LogP contribution in [0.2, 0.25) is 0 Å². The van der Waals surface area contributed by atoms with E-state index in [1.54, 1.807) is 26.0 Å². The minimum atomic E-state index is -4.39. The van der Waals surface area contributed by atoms with Crippen LogP contribution in [0.25, 0.3) is 0 Å². The monoisotopic (exact) mass is 636 g/mol. The summed E-state index contributed by atoms with van der Waals surface area (Å²) in [5.74, 6) is -2.53. The summed E-state index contributed by atoms with van der Waals surface area (Å²) in [6.45, 7) is 4.30. The minimum Gasteiger partial charge on any atom is -0.611 e. The maximum atomic E-state index is 13.2. The van der Waals surface area contributed by atoms with Gasteiger partial charge in [0.15, 0.2) is 4.90 Å². The van der Waals surface area contributed by atoms with Gasteiger partial charge in [-0.1, -0.05) is 23.8 Å². The molecule has 15 heteroatoms. The molecule has 2 aliphatic rings. The fraction of sp³-hybridized carbons (Fsp3) is 0.429. The van der Waals surface area contributed by atoms with Crippen molar-refractivity contribution in [3.63, 3.8) is 0 Å². The van der Waals surface area contributed by atoms with Crippen molar-refractivity contribution in [3.8, 4) is 0 Å². The highest BCUT2D eigenvalue weighted by molar-refractivity contribution is 7.91. The first-order chi connectivity index (χ1) is 20.4. The second kappa shape index (κ2) is 14.1. The molecular weight excluding hydrogens is 604 g/mol. The number of imide groups is 2.